The van der Waals surface area contributed by atoms with Gasteiger partial charge in [0.1, 0.15) is 0 Å². The van der Waals surface area contributed by atoms with Gasteiger partial charge in [-0.05, 0) is 43.5 Å². The molecule has 0 bridgehead atoms. The van der Waals surface area contributed by atoms with Crippen LogP contribution >= 0.6 is 0 Å². The highest BCUT2D eigenvalue weighted by Gasteiger charge is 2.46. The summed E-state index contributed by atoms with van der Waals surface area (Å²) in [6, 6.07) is 16.7. The largest absolute Gasteiger partial charge is 0.439 e. The lowest BCUT2D eigenvalue weighted by atomic mass is 10.0. The first-order valence-corrected chi connectivity index (χ1v) is 19.3. The lowest BCUT2D eigenvalue weighted by molar-refractivity contribution is 0.103. The Bertz CT molecular complexity index is 1150. The van der Waals surface area contributed by atoms with Crippen molar-refractivity contribution in [3.63, 3.8) is 0 Å². The van der Waals surface area contributed by atoms with E-state index < -0.39 is 0 Å². The quantitative estimate of drug-likeness (QED) is 0.0875. The molecule has 2 aromatic carbocycles. The summed E-state index contributed by atoms with van der Waals surface area (Å²) < 4.78 is 13.4. The van der Waals surface area contributed by atoms with Crippen LogP contribution < -0.4 is 19.3 Å². The molecule has 2 atom stereocenters. The van der Waals surface area contributed by atoms with E-state index in [0.717, 1.165) is 47.1 Å². The van der Waals surface area contributed by atoms with Crippen molar-refractivity contribution in [2.45, 2.75) is 155 Å². The molecular weight excluding hydrogens is 564 g/mol. The average molecular weight is 630 g/mol. The molecule has 0 fully saturated rings. The zero-order chi connectivity index (χ0) is 32.1. The third-order valence-electron chi connectivity index (χ3n) is 10.0. The van der Waals surface area contributed by atoms with Crippen LogP contribution in [-0.4, -0.2) is 19.3 Å². The molecule has 2 aromatic rings. The lowest BCUT2D eigenvalue weighted by Crippen LogP contribution is -2.56. The molecule has 0 amide bonds. The molecule has 4 heteroatoms. The van der Waals surface area contributed by atoms with Crippen molar-refractivity contribution in [2.24, 2.45) is 0 Å². The Morgan fingerprint density at radius 2 is 1.11 bits per heavy atom. The van der Waals surface area contributed by atoms with E-state index in [-0.39, 0.29) is 6.23 Å². The van der Waals surface area contributed by atoms with Gasteiger partial charge in [0.15, 0.2) is 23.1 Å². The number of quaternary nitrogens is 1. The van der Waals surface area contributed by atoms with E-state index in [9.17, 15) is 0 Å². The lowest BCUT2D eigenvalue weighted by Gasteiger charge is -2.36. The van der Waals surface area contributed by atoms with E-state index in [2.05, 4.69) is 55.6 Å². The molecule has 46 heavy (non-hydrogen) atoms. The maximum absolute atomic E-state index is 6.59. The molecule has 254 valence electrons. The molecule has 2 aliphatic rings. The monoisotopic (exact) mass is 630 g/mol. The standard InChI is InChI=1S/C42H65N2O2/c1-3-5-6-7-8-9-10-11-12-13-14-15-16-17-18-19-20-21-22-27-36-44(35-4-2)38-30-24-26-32-40(38)46-42(44)34-28-33-41-43-37-29-23-25-31-39(37)45-41/h23-26,28-34,42-43H,3-22,27,35-36H2,1-2H3/q+1. The van der Waals surface area contributed by atoms with E-state index in [0.29, 0.717) is 0 Å². The summed E-state index contributed by atoms with van der Waals surface area (Å²) in [5, 5.41) is 3.36. The van der Waals surface area contributed by atoms with Gasteiger partial charge in [-0.15, -0.1) is 0 Å². The molecule has 4 nitrogen and oxygen atoms in total. The van der Waals surface area contributed by atoms with Gasteiger partial charge in [0, 0.05) is 12.1 Å². The van der Waals surface area contributed by atoms with Crippen LogP contribution in [0.2, 0.25) is 0 Å². The van der Waals surface area contributed by atoms with Crippen molar-refractivity contribution in [1.29, 1.82) is 0 Å². The zero-order valence-electron chi connectivity index (χ0n) is 29.5. The molecule has 0 aromatic heterocycles. The van der Waals surface area contributed by atoms with Gasteiger partial charge in [-0.1, -0.05) is 160 Å². The molecular formula is C42H65N2O2+. The zero-order valence-corrected chi connectivity index (χ0v) is 29.5. The van der Waals surface area contributed by atoms with E-state index in [4.69, 9.17) is 9.47 Å². The molecule has 2 heterocycles. The Morgan fingerprint density at radius 1 is 0.587 bits per heavy atom. The fourth-order valence-electron chi connectivity index (χ4n) is 7.40. The summed E-state index contributed by atoms with van der Waals surface area (Å²) >= 11 is 0. The number of rotatable bonds is 25. The average Bonchev–Trinajstić information content (AvgIpc) is 3.62. The van der Waals surface area contributed by atoms with Crippen molar-refractivity contribution in [1.82, 2.24) is 4.48 Å². The van der Waals surface area contributed by atoms with Gasteiger partial charge in [-0.25, -0.2) is 4.48 Å². The van der Waals surface area contributed by atoms with Crippen LogP contribution in [0.25, 0.3) is 0 Å². The highest BCUT2D eigenvalue weighted by molar-refractivity contribution is 5.64. The Morgan fingerprint density at radius 3 is 1.67 bits per heavy atom. The molecule has 0 spiro atoms. The van der Waals surface area contributed by atoms with Crippen LogP contribution in [0.1, 0.15) is 149 Å². The second-order valence-corrected chi connectivity index (χ2v) is 13.8. The Kier molecular flexibility index (Phi) is 16.7. The molecule has 4 rings (SSSR count). The van der Waals surface area contributed by atoms with Gasteiger partial charge in [-0.3, -0.25) is 0 Å². The minimum absolute atomic E-state index is 0.0155. The molecule has 0 saturated heterocycles. The summed E-state index contributed by atoms with van der Waals surface area (Å²) in [7, 11) is 0. The van der Waals surface area contributed by atoms with Crippen LogP contribution in [0.5, 0.6) is 11.5 Å². The normalized spacial score (nSPS) is 19.3. The molecule has 1 N–H and O–H groups in total. The maximum atomic E-state index is 6.59. The third-order valence-corrected chi connectivity index (χ3v) is 10.0. The van der Waals surface area contributed by atoms with Crippen LogP contribution in [0.3, 0.4) is 0 Å². The molecule has 2 unspecified atom stereocenters. The van der Waals surface area contributed by atoms with Gasteiger partial charge in [0.05, 0.1) is 18.8 Å². The number of nitrogens with one attached hydrogen (secondary N) is 1. The minimum atomic E-state index is -0.0155. The molecule has 2 aliphatic heterocycles. The van der Waals surface area contributed by atoms with Crippen LogP contribution in [0.15, 0.2) is 72.6 Å². The van der Waals surface area contributed by atoms with Crippen molar-refractivity contribution < 1.29 is 9.47 Å². The van der Waals surface area contributed by atoms with E-state index in [1.807, 2.05) is 30.3 Å². The number of allylic oxidation sites excluding steroid dienone is 2. The number of fused-ring (bicyclic) bond motifs is 2. The van der Waals surface area contributed by atoms with Crippen LogP contribution in [0.4, 0.5) is 11.4 Å². The van der Waals surface area contributed by atoms with Crippen molar-refractivity contribution in [2.75, 3.05) is 18.4 Å². The second kappa shape index (κ2) is 21.2. The second-order valence-electron chi connectivity index (χ2n) is 13.8. The predicted octanol–water partition coefficient (Wildman–Crippen LogP) is 12.8. The summed E-state index contributed by atoms with van der Waals surface area (Å²) in [6.45, 7) is 6.81. The number of unbranched alkanes of at least 4 members (excludes halogenated alkanes) is 19. The molecule has 0 saturated carbocycles. The van der Waals surface area contributed by atoms with Gasteiger partial charge in [-0.2, -0.15) is 0 Å². The third kappa shape index (κ3) is 11.5. The first-order valence-electron chi connectivity index (χ1n) is 19.3. The highest BCUT2D eigenvalue weighted by atomic mass is 16.5. The predicted molar refractivity (Wildman–Crippen MR) is 199 cm³/mol. The number of anilines is 1. The topological polar surface area (TPSA) is 30.5 Å². The first kappa shape index (κ1) is 36.1. The number of nitrogens with zero attached hydrogens (tertiary/aromatic N) is 1. The number of hydrogen-bond acceptors (Lipinski definition) is 3. The van der Waals surface area contributed by atoms with E-state index in [1.165, 1.54) is 134 Å². The summed E-state index contributed by atoms with van der Waals surface area (Å²) in [5.41, 5.74) is 2.36. The summed E-state index contributed by atoms with van der Waals surface area (Å²) in [4.78, 5) is 0. The highest BCUT2D eigenvalue weighted by Crippen LogP contribution is 2.44. The van der Waals surface area contributed by atoms with E-state index >= 15 is 0 Å². The van der Waals surface area contributed by atoms with Crippen molar-refractivity contribution in [3.05, 3.63) is 72.6 Å². The Labute approximate surface area is 282 Å². The van der Waals surface area contributed by atoms with Crippen LogP contribution in [-0.2, 0) is 0 Å². The van der Waals surface area contributed by atoms with Gasteiger partial charge in [0.2, 0.25) is 0 Å². The van der Waals surface area contributed by atoms with Crippen molar-refractivity contribution in [3.8, 4) is 11.5 Å². The van der Waals surface area contributed by atoms with Gasteiger partial charge < -0.3 is 14.8 Å². The van der Waals surface area contributed by atoms with Crippen LogP contribution in [0, 0.1) is 0 Å². The summed E-state index contributed by atoms with van der Waals surface area (Å²) in [6.07, 6.45) is 35.8. The smallest absolute Gasteiger partial charge is 0.258 e. The SMILES string of the molecule is CCCCCCCCCCCCCCCCCCCCCC[N+]1(CCC)c2ccccc2OC1C=CC=C1Nc2ccccc2O1. The first-order chi connectivity index (χ1) is 22.8. The van der Waals surface area contributed by atoms with Crippen molar-refractivity contribution >= 4 is 11.4 Å². The number of para-hydroxylation sites is 4. The number of hydrogen-bond donors (Lipinski definition) is 1. The minimum Gasteiger partial charge on any atom is -0.439 e. The maximum Gasteiger partial charge on any atom is 0.258 e. The number of ether oxygens (including phenoxy) is 2. The Balaban J connectivity index is 1.09. The van der Waals surface area contributed by atoms with E-state index in [1.54, 1.807) is 0 Å². The fourth-order valence-corrected chi connectivity index (χ4v) is 7.40. The molecule has 0 radical (unpaired) electrons. The fraction of sp³-hybridized carbons (Fsp3) is 0.619. The van der Waals surface area contributed by atoms with Gasteiger partial charge in [0.25, 0.3) is 6.23 Å². The van der Waals surface area contributed by atoms with Gasteiger partial charge >= 0.3 is 0 Å². The summed E-state index contributed by atoms with van der Waals surface area (Å²) in [5.74, 6) is 2.67. The Hall–Kier alpha value is -2.72. The molecule has 0 aliphatic carbocycles. The number of benzene rings is 2.